The van der Waals surface area contributed by atoms with Gasteiger partial charge in [0, 0.05) is 0 Å². The molecular weight excluding hydrogens is 469 g/mol. The first-order chi connectivity index (χ1) is 16.0. The number of aryl methyl sites for hydroxylation is 1. The van der Waals surface area contributed by atoms with Gasteiger partial charge >= 0.3 is 6.18 Å². The van der Waals surface area contributed by atoms with Crippen LogP contribution in [0, 0.1) is 6.92 Å². The highest BCUT2D eigenvalue weighted by Crippen LogP contribution is 2.34. The molecule has 6 nitrogen and oxygen atoms in total. The SMILES string of the molecule is COc1ccc(C)cc1S(=O)(=O)N[C@H](Cc1ccccc1)C(=O)Nc1ccccc1C(F)(F)F. The van der Waals surface area contributed by atoms with E-state index < -0.39 is 39.4 Å². The van der Waals surface area contributed by atoms with Crippen LogP contribution in [0.15, 0.2) is 77.7 Å². The first-order valence-corrected chi connectivity index (χ1v) is 11.7. The minimum Gasteiger partial charge on any atom is -0.495 e. The number of methoxy groups -OCH3 is 1. The largest absolute Gasteiger partial charge is 0.495 e. The second-order valence-electron chi connectivity index (χ2n) is 7.55. The third-order valence-electron chi connectivity index (χ3n) is 5.00. The van der Waals surface area contributed by atoms with Crippen molar-refractivity contribution < 1.29 is 31.1 Å². The van der Waals surface area contributed by atoms with E-state index in [1.807, 2.05) is 0 Å². The van der Waals surface area contributed by atoms with Gasteiger partial charge in [-0.15, -0.1) is 0 Å². The predicted molar refractivity (Wildman–Crippen MR) is 122 cm³/mol. The average Bonchev–Trinajstić information content (AvgIpc) is 2.79. The number of amides is 1. The molecule has 0 bridgehead atoms. The van der Waals surface area contributed by atoms with E-state index in [9.17, 15) is 26.4 Å². The third kappa shape index (κ3) is 6.15. The Balaban J connectivity index is 1.97. The topological polar surface area (TPSA) is 84.5 Å². The van der Waals surface area contributed by atoms with Crippen molar-refractivity contribution in [3.05, 3.63) is 89.5 Å². The van der Waals surface area contributed by atoms with Crippen molar-refractivity contribution >= 4 is 21.6 Å². The van der Waals surface area contributed by atoms with Crippen molar-refractivity contribution in [1.29, 1.82) is 0 Å². The summed E-state index contributed by atoms with van der Waals surface area (Å²) in [4.78, 5) is 12.9. The maximum absolute atomic E-state index is 13.4. The third-order valence-corrected chi connectivity index (χ3v) is 6.49. The number of ether oxygens (including phenoxy) is 1. The second-order valence-corrected chi connectivity index (χ2v) is 9.23. The number of anilines is 1. The summed E-state index contributed by atoms with van der Waals surface area (Å²) in [7, 11) is -2.97. The quantitative estimate of drug-likeness (QED) is 0.483. The summed E-state index contributed by atoms with van der Waals surface area (Å²) >= 11 is 0. The van der Waals surface area contributed by atoms with Crippen molar-refractivity contribution in [2.24, 2.45) is 0 Å². The monoisotopic (exact) mass is 492 g/mol. The van der Waals surface area contributed by atoms with Crippen LogP contribution in [0.1, 0.15) is 16.7 Å². The molecule has 3 rings (SSSR count). The molecule has 1 atom stereocenters. The van der Waals surface area contributed by atoms with Gasteiger partial charge in [-0.25, -0.2) is 8.42 Å². The number of benzene rings is 3. The highest BCUT2D eigenvalue weighted by Gasteiger charge is 2.35. The molecule has 0 saturated carbocycles. The van der Waals surface area contributed by atoms with Crippen LogP contribution in [-0.4, -0.2) is 27.5 Å². The van der Waals surface area contributed by atoms with E-state index in [-0.39, 0.29) is 17.1 Å². The lowest BCUT2D eigenvalue weighted by atomic mass is 10.1. The minimum absolute atomic E-state index is 0.0689. The number of hydrogen-bond acceptors (Lipinski definition) is 4. The first kappa shape index (κ1) is 25.3. The van der Waals surface area contributed by atoms with E-state index in [4.69, 9.17) is 4.74 Å². The van der Waals surface area contributed by atoms with Gasteiger partial charge in [-0.3, -0.25) is 4.79 Å². The van der Waals surface area contributed by atoms with Crippen molar-refractivity contribution in [3.8, 4) is 5.75 Å². The number of hydrogen-bond donors (Lipinski definition) is 2. The summed E-state index contributed by atoms with van der Waals surface area (Å²) in [6.45, 7) is 1.70. The fraction of sp³-hybridized carbons (Fsp3) is 0.208. The molecule has 1 amide bonds. The molecule has 0 saturated heterocycles. The average molecular weight is 493 g/mol. The standard InChI is InChI=1S/C24H23F3N2O4S/c1-16-12-13-21(33-2)22(14-16)34(31,32)29-20(15-17-8-4-3-5-9-17)23(30)28-19-11-7-6-10-18(19)24(25,26)27/h3-14,20,29H,15H2,1-2H3,(H,28,30)/t20-/m1/s1. The van der Waals surface area contributed by atoms with Crippen molar-refractivity contribution in [2.45, 2.75) is 30.5 Å². The molecule has 3 aromatic rings. The number of carbonyl (C=O) groups is 1. The molecule has 0 spiro atoms. The Kier molecular flexibility index (Phi) is 7.63. The molecule has 0 aliphatic rings. The molecule has 3 aromatic carbocycles. The zero-order valence-corrected chi connectivity index (χ0v) is 19.2. The van der Waals surface area contributed by atoms with Crippen LogP contribution < -0.4 is 14.8 Å². The molecule has 34 heavy (non-hydrogen) atoms. The van der Waals surface area contributed by atoms with Crippen LogP contribution in [0.5, 0.6) is 5.75 Å². The number of carbonyl (C=O) groups excluding carboxylic acids is 1. The smallest absolute Gasteiger partial charge is 0.418 e. The molecule has 180 valence electrons. The minimum atomic E-state index is -4.70. The Morgan fingerprint density at radius 3 is 2.29 bits per heavy atom. The fourth-order valence-corrected chi connectivity index (χ4v) is 4.79. The highest BCUT2D eigenvalue weighted by molar-refractivity contribution is 7.89. The molecule has 0 fully saturated rings. The molecule has 0 heterocycles. The van der Waals surface area contributed by atoms with Gasteiger partial charge in [-0.2, -0.15) is 17.9 Å². The maximum Gasteiger partial charge on any atom is 0.418 e. The number of rotatable bonds is 8. The Morgan fingerprint density at radius 2 is 1.65 bits per heavy atom. The van der Waals surface area contributed by atoms with Crippen LogP contribution in [0.25, 0.3) is 0 Å². The van der Waals surface area contributed by atoms with Gasteiger partial charge in [0.15, 0.2) is 0 Å². The Morgan fingerprint density at radius 1 is 1.00 bits per heavy atom. The van der Waals surface area contributed by atoms with E-state index in [1.165, 1.54) is 31.4 Å². The molecule has 10 heteroatoms. The second kappa shape index (κ2) is 10.3. The van der Waals surface area contributed by atoms with E-state index in [1.54, 1.807) is 43.3 Å². The van der Waals surface area contributed by atoms with Crippen LogP contribution in [0.2, 0.25) is 0 Å². The van der Waals surface area contributed by atoms with Crippen LogP contribution in [-0.2, 0) is 27.4 Å². The predicted octanol–water partition coefficient (Wildman–Crippen LogP) is 4.55. The fourth-order valence-electron chi connectivity index (χ4n) is 3.34. The van der Waals surface area contributed by atoms with Crippen LogP contribution >= 0.6 is 0 Å². The van der Waals surface area contributed by atoms with Gasteiger partial charge in [0.25, 0.3) is 0 Å². The van der Waals surface area contributed by atoms with Gasteiger partial charge < -0.3 is 10.1 Å². The Labute approximate surface area is 195 Å². The summed E-state index contributed by atoms with van der Waals surface area (Å²) in [5.74, 6) is -0.866. The van der Waals surface area contributed by atoms with Gasteiger partial charge in [0.2, 0.25) is 15.9 Å². The van der Waals surface area contributed by atoms with Crippen molar-refractivity contribution in [3.63, 3.8) is 0 Å². The van der Waals surface area contributed by atoms with Crippen LogP contribution in [0.4, 0.5) is 18.9 Å². The maximum atomic E-state index is 13.4. The number of alkyl halides is 3. The zero-order valence-electron chi connectivity index (χ0n) is 18.4. The van der Waals surface area contributed by atoms with E-state index >= 15 is 0 Å². The Bertz CT molecular complexity index is 1260. The molecule has 0 aliphatic heterocycles. The Hall–Kier alpha value is -3.37. The summed E-state index contributed by atoms with van der Waals surface area (Å²) in [5, 5.41) is 2.23. The van der Waals surface area contributed by atoms with E-state index in [0.717, 1.165) is 12.1 Å². The summed E-state index contributed by atoms with van der Waals surface area (Å²) < 4.78 is 74.0. The van der Waals surface area contributed by atoms with Crippen molar-refractivity contribution in [2.75, 3.05) is 12.4 Å². The summed E-state index contributed by atoms with van der Waals surface area (Å²) in [5.41, 5.74) is -0.245. The number of nitrogens with one attached hydrogen (secondary N) is 2. The van der Waals surface area contributed by atoms with Gasteiger partial charge in [-0.05, 0) is 48.7 Å². The van der Waals surface area contributed by atoms with Gasteiger partial charge in [0.05, 0.1) is 18.4 Å². The van der Waals surface area contributed by atoms with Gasteiger partial charge in [0.1, 0.15) is 16.7 Å². The number of sulfonamides is 1. The molecule has 0 unspecified atom stereocenters. The van der Waals surface area contributed by atoms with E-state index in [2.05, 4.69) is 10.0 Å². The molecule has 0 radical (unpaired) electrons. The number of halogens is 3. The molecule has 0 aromatic heterocycles. The lowest BCUT2D eigenvalue weighted by Gasteiger charge is -2.21. The van der Waals surface area contributed by atoms with Gasteiger partial charge in [-0.1, -0.05) is 48.5 Å². The summed E-state index contributed by atoms with van der Waals surface area (Å²) in [6.07, 6.45) is -4.79. The lowest BCUT2D eigenvalue weighted by Crippen LogP contribution is -2.45. The zero-order chi connectivity index (χ0) is 24.9. The van der Waals surface area contributed by atoms with Crippen LogP contribution in [0.3, 0.4) is 0 Å². The van der Waals surface area contributed by atoms with Crippen molar-refractivity contribution in [1.82, 2.24) is 4.72 Å². The summed E-state index contributed by atoms with van der Waals surface area (Å²) in [6, 6.07) is 16.2. The normalized spacial score (nSPS) is 12.7. The molecule has 0 aliphatic carbocycles. The first-order valence-electron chi connectivity index (χ1n) is 10.2. The van der Waals surface area contributed by atoms with E-state index in [0.29, 0.717) is 11.1 Å². The lowest BCUT2D eigenvalue weighted by molar-refractivity contribution is -0.137. The molecule has 2 N–H and O–H groups in total. The highest BCUT2D eigenvalue weighted by atomic mass is 32.2. The molecular formula is C24H23F3N2O4S. The number of para-hydroxylation sites is 1.